The fourth-order valence-corrected chi connectivity index (χ4v) is 1.77. The van der Waals surface area contributed by atoms with Crippen molar-refractivity contribution in [2.75, 3.05) is 6.54 Å². The lowest BCUT2D eigenvalue weighted by atomic mass is 10.2. The molecule has 0 bridgehead atoms. The maximum Gasteiger partial charge on any atom is 0.0624 e. The minimum atomic E-state index is 0.520. The van der Waals surface area contributed by atoms with Gasteiger partial charge in [0.05, 0.1) is 5.69 Å². The van der Waals surface area contributed by atoms with Crippen LogP contribution in [0.2, 0.25) is 0 Å². The molecule has 1 N–H and O–H groups in total. The number of hydrogen-bond donors (Lipinski definition) is 1. The molecule has 1 atom stereocenters. The molecule has 1 heterocycles. The highest BCUT2D eigenvalue weighted by Gasteiger charge is 2.04. The smallest absolute Gasteiger partial charge is 0.0624 e. The zero-order valence-corrected chi connectivity index (χ0v) is 11.7. The van der Waals surface area contributed by atoms with E-state index >= 15 is 0 Å². The van der Waals surface area contributed by atoms with Crippen molar-refractivity contribution in [2.45, 2.75) is 65.5 Å². The van der Waals surface area contributed by atoms with Crippen molar-refractivity contribution in [1.82, 2.24) is 15.1 Å². The Labute approximate surface area is 106 Å². The molecule has 3 heteroatoms. The molecule has 17 heavy (non-hydrogen) atoms. The molecule has 1 aromatic heterocycles. The van der Waals surface area contributed by atoms with Gasteiger partial charge in [0.25, 0.3) is 0 Å². The average Bonchev–Trinajstić information content (AvgIpc) is 2.76. The zero-order valence-electron chi connectivity index (χ0n) is 11.7. The lowest BCUT2D eigenvalue weighted by Gasteiger charge is -2.08. The first kappa shape index (κ1) is 14.2. The summed E-state index contributed by atoms with van der Waals surface area (Å²) in [5.74, 6) is 0. The van der Waals surface area contributed by atoms with Crippen molar-refractivity contribution in [1.29, 1.82) is 0 Å². The van der Waals surface area contributed by atoms with Crippen molar-refractivity contribution in [2.24, 2.45) is 0 Å². The lowest BCUT2D eigenvalue weighted by Crippen LogP contribution is -2.23. The fourth-order valence-electron chi connectivity index (χ4n) is 1.77. The summed E-state index contributed by atoms with van der Waals surface area (Å²) in [7, 11) is 0. The molecular formula is C14H27N3. The van der Waals surface area contributed by atoms with Gasteiger partial charge in [-0.15, -0.1) is 0 Å². The fraction of sp³-hybridized carbons (Fsp3) is 0.786. The molecule has 3 nitrogen and oxygen atoms in total. The van der Waals surface area contributed by atoms with Gasteiger partial charge >= 0.3 is 0 Å². The highest BCUT2D eigenvalue weighted by Crippen LogP contribution is 2.10. The first-order valence-corrected chi connectivity index (χ1v) is 6.91. The van der Waals surface area contributed by atoms with Crippen LogP contribution < -0.4 is 5.32 Å². The third kappa shape index (κ3) is 5.35. The van der Waals surface area contributed by atoms with Crippen LogP contribution in [0.25, 0.3) is 0 Å². The molecule has 98 valence electrons. The number of nitrogens with one attached hydrogen (secondary N) is 1. The van der Waals surface area contributed by atoms with Gasteiger partial charge < -0.3 is 5.32 Å². The van der Waals surface area contributed by atoms with Crippen LogP contribution in [0, 0.1) is 0 Å². The van der Waals surface area contributed by atoms with Gasteiger partial charge in [0, 0.05) is 18.3 Å². The molecule has 0 saturated carbocycles. The largest absolute Gasteiger partial charge is 0.315 e. The van der Waals surface area contributed by atoms with Gasteiger partial charge in [-0.3, -0.25) is 4.68 Å². The Kier molecular flexibility index (Phi) is 6.27. The molecule has 1 unspecified atom stereocenters. The standard InChI is InChI=1S/C14H27N3/c1-5-13(4)17-11-9-14(16-17)8-6-7-10-15-12(2)3/h9,11-13,15H,5-8,10H2,1-4H3. The van der Waals surface area contributed by atoms with Gasteiger partial charge in [-0.05, 0) is 45.2 Å². The summed E-state index contributed by atoms with van der Waals surface area (Å²) in [6.45, 7) is 9.90. The van der Waals surface area contributed by atoms with Crippen LogP contribution in [-0.4, -0.2) is 22.4 Å². The van der Waals surface area contributed by atoms with E-state index in [-0.39, 0.29) is 0 Å². The Morgan fingerprint density at radius 1 is 1.29 bits per heavy atom. The number of hydrogen-bond acceptors (Lipinski definition) is 2. The predicted octanol–water partition coefficient (Wildman–Crippen LogP) is 3.17. The molecule has 1 rings (SSSR count). The number of nitrogens with zero attached hydrogens (tertiary/aromatic N) is 2. The second-order valence-electron chi connectivity index (χ2n) is 5.11. The lowest BCUT2D eigenvalue weighted by molar-refractivity contribution is 0.472. The molecule has 1 aromatic rings. The summed E-state index contributed by atoms with van der Waals surface area (Å²) in [6, 6.07) is 3.27. The van der Waals surface area contributed by atoms with Crippen LogP contribution in [0.15, 0.2) is 12.3 Å². The van der Waals surface area contributed by atoms with Gasteiger partial charge in [0.15, 0.2) is 0 Å². The van der Waals surface area contributed by atoms with Crippen molar-refractivity contribution in [3.8, 4) is 0 Å². The monoisotopic (exact) mass is 237 g/mol. The highest BCUT2D eigenvalue weighted by atomic mass is 15.3. The molecule has 0 aromatic carbocycles. The van der Waals surface area contributed by atoms with Crippen molar-refractivity contribution in [3.05, 3.63) is 18.0 Å². The molecule has 0 aliphatic heterocycles. The van der Waals surface area contributed by atoms with Crippen molar-refractivity contribution < 1.29 is 0 Å². The van der Waals surface area contributed by atoms with E-state index in [1.54, 1.807) is 0 Å². The Morgan fingerprint density at radius 2 is 2.06 bits per heavy atom. The third-order valence-corrected chi connectivity index (χ3v) is 3.12. The summed E-state index contributed by atoms with van der Waals surface area (Å²) in [5, 5.41) is 8.05. The molecule has 0 aliphatic carbocycles. The van der Waals surface area contributed by atoms with Crippen LogP contribution in [0.1, 0.15) is 58.7 Å². The van der Waals surface area contributed by atoms with Gasteiger partial charge in [0.1, 0.15) is 0 Å². The van der Waals surface area contributed by atoms with Crippen LogP contribution in [0.4, 0.5) is 0 Å². The topological polar surface area (TPSA) is 29.9 Å². The van der Waals surface area contributed by atoms with E-state index in [1.165, 1.54) is 18.5 Å². The Morgan fingerprint density at radius 3 is 2.71 bits per heavy atom. The molecular weight excluding hydrogens is 210 g/mol. The number of aryl methyl sites for hydroxylation is 1. The van der Waals surface area contributed by atoms with Gasteiger partial charge in [-0.1, -0.05) is 20.8 Å². The summed E-state index contributed by atoms with van der Waals surface area (Å²) < 4.78 is 2.09. The molecule has 0 amide bonds. The maximum absolute atomic E-state index is 4.61. The van der Waals surface area contributed by atoms with E-state index in [1.807, 2.05) is 0 Å². The van der Waals surface area contributed by atoms with E-state index in [2.05, 4.69) is 55.1 Å². The molecule has 0 radical (unpaired) electrons. The summed E-state index contributed by atoms with van der Waals surface area (Å²) in [4.78, 5) is 0. The predicted molar refractivity (Wildman–Crippen MR) is 73.3 cm³/mol. The average molecular weight is 237 g/mol. The third-order valence-electron chi connectivity index (χ3n) is 3.12. The van der Waals surface area contributed by atoms with E-state index < -0.39 is 0 Å². The van der Waals surface area contributed by atoms with Crippen LogP contribution in [0.3, 0.4) is 0 Å². The van der Waals surface area contributed by atoms with Crippen LogP contribution >= 0.6 is 0 Å². The van der Waals surface area contributed by atoms with Gasteiger partial charge in [-0.2, -0.15) is 5.10 Å². The number of unbranched alkanes of at least 4 members (excludes halogenated alkanes) is 1. The van der Waals surface area contributed by atoms with E-state index in [0.717, 1.165) is 19.4 Å². The quantitative estimate of drug-likeness (QED) is 0.704. The molecule has 0 aliphatic rings. The number of aromatic nitrogens is 2. The Bertz CT molecular complexity index is 304. The van der Waals surface area contributed by atoms with E-state index in [0.29, 0.717) is 12.1 Å². The van der Waals surface area contributed by atoms with E-state index in [9.17, 15) is 0 Å². The Balaban J connectivity index is 2.21. The Hall–Kier alpha value is -0.830. The molecule has 0 fully saturated rings. The van der Waals surface area contributed by atoms with Gasteiger partial charge in [0.2, 0.25) is 0 Å². The zero-order chi connectivity index (χ0) is 12.7. The maximum atomic E-state index is 4.61. The SMILES string of the molecule is CCC(C)n1ccc(CCCCNC(C)C)n1. The van der Waals surface area contributed by atoms with Gasteiger partial charge in [-0.25, -0.2) is 0 Å². The summed E-state index contributed by atoms with van der Waals surface area (Å²) in [5.41, 5.74) is 1.23. The first-order chi connectivity index (χ1) is 8.13. The molecule has 0 spiro atoms. The van der Waals surface area contributed by atoms with Crippen LogP contribution in [0.5, 0.6) is 0 Å². The minimum absolute atomic E-state index is 0.520. The second kappa shape index (κ2) is 7.49. The highest BCUT2D eigenvalue weighted by molar-refractivity contribution is 4.99. The molecule has 0 saturated heterocycles. The van der Waals surface area contributed by atoms with E-state index in [4.69, 9.17) is 0 Å². The normalized spacial score (nSPS) is 13.2. The summed E-state index contributed by atoms with van der Waals surface area (Å²) >= 11 is 0. The van der Waals surface area contributed by atoms with Crippen LogP contribution in [-0.2, 0) is 6.42 Å². The number of rotatable bonds is 8. The minimum Gasteiger partial charge on any atom is -0.315 e. The van der Waals surface area contributed by atoms with Crippen molar-refractivity contribution >= 4 is 0 Å². The summed E-state index contributed by atoms with van der Waals surface area (Å²) in [6.07, 6.45) is 6.80. The first-order valence-electron chi connectivity index (χ1n) is 6.91. The van der Waals surface area contributed by atoms with Crippen molar-refractivity contribution in [3.63, 3.8) is 0 Å². The second-order valence-corrected chi connectivity index (χ2v) is 5.11.